The molecule has 1 N–H and O–H groups in total. The average molecular weight is 294 g/mol. The molecule has 2 unspecified atom stereocenters. The van der Waals surface area contributed by atoms with Crippen molar-refractivity contribution in [1.29, 1.82) is 0 Å². The fourth-order valence-electron chi connectivity index (χ4n) is 3.11. The lowest BCUT2D eigenvalue weighted by Crippen LogP contribution is -2.54. The van der Waals surface area contributed by atoms with Gasteiger partial charge in [0.15, 0.2) is 5.69 Å². The van der Waals surface area contributed by atoms with Gasteiger partial charge in [-0.2, -0.15) is 0 Å². The molecule has 21 heavy (non-hydrogen) atoms. The fourth-order valence-corrected chi connectivity index (χ4v) is 3.11. The summed E-state index contributed by atoms with van der Waals surface area (Å²) >= 11 is 0. The molecule has 8 heteroatoms. The number of rotatable bonds is 3. The Balaban J connectivity index is 1.74. The van der Waals surface area contributed by atoms with Crippen LogP contribution in [0.2, 0.25) is 0 Å². The van der Waals surface area contributed by atoms with Gasteiger partial charge in [0.2, 0.25) is 0 Å². The van der Waals surface area contributed by atoms with Crippen LogP contribution in [0.3, 0.4) is 0 Å². The maximum absolute atomic E-state index is 12.6. The Kier molecular flexibility index (Phi) is 3.87. The van der Waals surface area contributed by atoms with Crippen LogP contribution < -0.4 is 0 Å². The summed E-state index contributed by atoms with van der Waals surface area (Å²) in [4.78, 5) is 25.0. The van der Waals surface area contributed by atoms with Gasteiger partial charge < -0.3 is 14.7 Å². The molecule has 2 fully saturated rings. The first-order chi connectivity index (χ1) is 10.1. The number of ether oxygens (including phenoxy) is 1. The zero-order valence-corrected chi connectivity index (χ0v) is 11.6. The van der Waals surface area contributed by atoms with Gasteiger partial charge in [-0.25, -0.2) is 4.68 Å². The number of hydrogen-bond acceptors (Lipinski definition) is 5. The minimum atomic E-state index is -1.02. The van der Waals surface area contributed by atoms with Gasteiger partial charge in [-0.15, -0.1) is 5.10 Å². The van der Waals surface area contributed by atoms with Gasteiger partial charge >= 0.3 is 5.97 Å². The van der Waals surface area contributed by atoms with Crippen molar-refractivity contribution in [3.05, 3.63) is 11.9 Å². The molecule has 1 saturated carbocycles. The maximum Gasteiger partial charge on any atom is 0.325 e. The van der Waals surface area contributed by atoms with Crippen LogP contribution in [-0.2, 0) is 16.1 Å². The number of hydrogen-bond donors (Lipinski definition) is 1. The number of carbonyl (C=O) groups excluding carboxylic acids is 1. The number of morpholine rings is 1. The molecule has 0 bridgehead atoms. The summed E-state index contributed by atoms with van der Waals surface area (Å²) in [5.41, 5.74) is 0.197. The van der Waals surface area contributed by atoms with Gasteiger partial charge in [-0.1, -0.05) is 18.1 Å². The lowest BCUT2D eigenvalue weighted by Gasteiger charge is -2.43. The zero-order valence-electron chi connectivity index (χ0n) is 11.6. The number of amides is 1. The van der Waals surface area contributed by atoms with Crippen molar-refractivity contribution in [3.63, 3.8) is 0 Å². The molecule has 0 radical (unpaired) electrons. The van der Waals surface area contributed by atoms with Crippen molar-refractivity contribution in [2.45, 2.75) is 44.4 Å². The van der Waals surface area contributed by atoms with Gasteiger partial charge in [-0.3, -0.25) is 9.59 Å². The minimum Gasteiger partial charge on any atom is -0.480 e. The predicted molar refractivity (Wildman–Crippen MR) is 70.7 cm³/mol. The molecule has 1 amide bonds. The highest BCUT2D eigenvalue weighted by Gasteiger charge is 2.37. The highest BCUT2D eigenvalue weighted by Crippen LogP contribution is 2.29. The van der Waals surface area contributed by atoms with E-state index in [9.17, 15) is 9.59 Å². The van der Waals surface area contributed by atoms with E-state index in [1.54, 1.807) is 0 Å². The number of carbonyl (C=O) groups is 2. The van der Waals surface area contributed by atoms with E-state index in [2.05, 4.69) is 10.3 Å². The molecule has 1 aromatic rings. The Hall–Kier alpha value is -1.96. The van der Waals surface area contributed by atoms with E-state index in [0.29, 0.717) is 13.2 Å². The van der Waals surface area contributed by atoms with Crippen LogP contribution in [0.1, 0.15) is 36.2 Å². The summed E-state index contributed by atoms with van der Waals surface area (Å²) in [5, 5.41) is 16.2. The monoisotopic (exact) mass is 294 g/mol. The Bertz CT molecular complexity index is 542. The van der Waals surface area contributed by atoms with Gasteiger partial charge in [0.1, 0.15) is 6.54 Å². The largest absolute Gasteiger partial charge is 0.480 e. The van der Waals surface area contributed by atoms with Crippen LogP contribution in [0, 0.1) is 0 Å². The number of nitrogens with zero attached hydrogens (tertiary/aromatic N) is 4. The van der Waals surface area contributed by atoms with E-state index < -0.39 is 5.97 Å². The van der Waals surface area contributed by atoms with Crippen molar-refractivity contribution in [1.82, 2.24) is 19.9 Å². The van der Waals surface area contributed by atoms with E-state index in [1.165, 1.54) is 6.20 Å². The number of carboxylic acid groups (broad SMARTS) is 1. The smallest absolute Gasteiger partial charge is 0.325 e. The number of fused-ring (bicyclic) bond motifs is 1. The molecular weight excluding hydrogens is 276 g/mol. The molecule has 1 aromatic heterocycles. The second kappa shape index (κ2) is 5.80. The van der Waals surface area contributed by atoms with Crippen LogP contribution in [0.25, 0.3) is 0 Å². The molecule has 1 aliphatic heterocycles. The molecule has 0 spiro atoms. The van der Waals surface area contributed by atoms with Gasteiger partial charge in [0, 0.05) is 6.54 Å². The third-order valence-electron chi connectivity index (χ3n) is 4.05. The molecule has 2 aliphatic rings. The zero-order chi connectivity index (χ0) is 14.8. The van der Waals surface area contributed by atoms with Crippen LogP contribution in [0.5, 0.6) is 0 Å². The quantitative estimate of drug-likeness (QED) is 0.852. The minimum absolute atomic E-state index is 0.102. The summed E-state index contributed by atoms with van der Waals surface area (Å²) in [6.07, 6.45) is 5.67. The first-order valence-electron chi connectivity index (χ1n) is 7.19. The molecular formula is C13H18N4O4. The summed E-state index contributed by atoms with van der Waals surface area (Å²) < 4.78 is 6.90. The molecule has 2 atom stereocenters. The van der Waals surface area contributed by atoms with Gasteiger partial charge in [0.25, 0.3) is 5.91 Å². The van der Waals surface area contributed by atoms with Crippen LogP contribution in [-0.4, -0.2) is 62.2 Å². The predicted octanol–water partition coefficient (Wildman–Crippen LogP) is 0.146. The molecule has 0 aromatic carbocycles. The van der Waals surface area contributed by atoms with Crippen LogP contribution >= 0.6 is 0 Å². The molecule has 8 nitrogen and oxygen atoms in total. The van der Waals surface area contributed by atoms with E-state index >= 15 is 0 Å². The second-order valence-corrected chi connectivity index (χ2v) is 5.45. The third-order valence-corrected chi connectivity index (χ3v) is 4.05. The van der Waals surface area contributed by atoms with E-state index in [0.717, 1.165) is 30.4 Å². The maximum atomic E-state index is 12.6. The molecule has 114 valence electrons. The van der Waals surface area contributed by atoms with Crippen molar-refractivity contribution in [2.75, 3.05) is 13.2 Å². The van der Waals surface area contributed by atoms with Crippen molar-refractivity contribution < 1.29 is 19.4 Å². The lowest BCUT2D eigenvalue weighted by molar-refractivity contribution is -0.137. The Labute approximate surface area is 121 Å². The normalized spacial score (nSPS) is 25.4. The molecule has 1 aliphatic carbocycles. The summed E-state index contributed by atoms with van der Waals surface area (Å²) in [5.74, 6) is -1.20. The molecule has 1 saturated heterocycles. The Morgan fingerprint density at radius 2 is 2.19 bits per heavy atom. The van der Waals surface area contributed by atoms with Crippen molar-refractivity contribution in [2.24, 2.45) is 0 Å². The molecule has 3 rings (SSSR count). The number of aliphatic carboxylic acids is 1. The van der Waals surface area contributed by atoms with Gasteiger partial charge in [-0.05, 0) is 12.8 Å². The Morgan fingerprint density at radius 3 is 3.00 bits per heavy atom. The number of aromatic nitrogens is 3. The summed E-state index contributed by atoms with van der Waals surface area (Å²) in [6, 6.07) is 0.102. The van der Waals surface area contributed by atoms with E-state index in [1.807, 2.05) is 4.90 Å². The SMILES string of the molecule is O=C(O)Cn1cc(C(=O)N2CCOC3CCCCC32)nn1. The summed E-state index contributed by atoms with van der Waals surface area (Å²) in [6.45, 7) is 0.789. The standard InChI is InChI=1S/C13H18N4O4/c18-12(19)8-16-7-9(14-15-16)13(20)17-5-6-21-11-4-2-1-3-10(11)17/h7,10-11H,1-6,8H2,(H,18,19). The van der Waals surface area contributed by atoms with Gasteiger partial charge in [0.05, 0.1) is 24.9 Å². The number of carboxylic acids is 1. The van der Waals surface area contributed by atoms with E-state index in [-0.39, 0.29) is 30.3 Å². The highest BCUT2D eigenvalue weighted by molar-refractivity contribution is 5.92. The van der Waals surface area contributed by atoms with Crippen LogP contribution in [0.15, 0.2) is 6.20 Å². The highest BCUT2D eigenvalue weighted by atomic mass is 16.5. The first-order valence-corrected chi connectivity index (χ1v) is 7.19. The second-order valence-electron chi connectivity index (χ2n) is 5.45. The Morgan fingerprint density at radius 1 is 1.38 bits per heavy atom. The first kappa shape index (κ1) is 14.0. The van der Waals surface area contributed by atoms with Crippen molar-refractivity contribution >= 4 is 11.9 Å². The fraction of sp³-hybridized carbons (Fsp3) is 0.692. The lowest BCUT2D eigenvalue weighted by atomic mass is 9.90. The topological polar surface area (TPSA) is 97.5 Å². The summed E-state index contributed by atoms with van der Waals surface area (Å²) in [7, 11) is 0. The third kappa shape index (κ3) is 2.90. The molecule has 2 heterocycles. The van der Waals surface area contributed by atoms with Crippen LogP contribution in [0.4, 0.5) is 0 Å². The van der Waals surface area contributed by atoms with E-state index in [4.69, 9.17) is 9.84 Å². The average Bonchev–Trinajstić information content (AvgIpc) is 2.93. The van der Waals surface area contributed by atoms with Crippen molar-refractivity contribution in [3.8, 4) is 0 Å².